The van der Waals surface area contributed by atoms with Gasteiger partial charge in [0.1, 0.15) is 16.7 Å². The van der Waals surface area contributed by atoms with E-state index in [0.717, 1.165) is 5.56 Å². The summed E-state index contributed by atoms with van der Waals surface area (Å²) in [6.07, 6.45) is 0. The molecular weight excluding hydrogens is 450 g/mol. The Bertz CT molecular complexity index is 1290. The number of carbonyl (C=O) groups is 1. The maximum atomic E-state index is 13.2. The predicted octanol–water partition coefficient (Wildman–Crippen LogP) is 4.29. The van der Waals surface area contributed by atoms with Gasteiger partial charge in [0, 0.05) is 24.8 Å². The first kappa shape index (κ1) is 23.3. The molecular formula is C23H20ClN3O4S. The van der Waals surface area contributed by atoms with Crippen molar-refractivity contribution in [3.05, 3.63) is 88.4 Å². The molecule has 0 aliphatic heterocycles. The first-order chi connectivity index (χ1) is 15.3. The minimum absolute atomic E-state index is 0.117. The average molecular weight is 470 g/mol. The number of sulfonamides is 1. The second kappa shape index (κ2) is 9.83. The smallest absolute Gasteiger partial charge is 0.255 e. The van der Waals surface area contributed by atoms with Crippen LogP contribution in [-0.4, -0.2) is 32.8 Å². The molecule has 1 N–H and O–H groups in total. The summed E-state index contributed by atoms with van der Waals surface area (Å²) in [6.45, 7) is 0.157. The van der Waals surface area contributed by atoms with Gasteiger partial charge in [-0.1, -0.05) is 41.9 Å². The molecule has 0 saturated heterocycles. The Labute approximate surface area is 191 Å². The lowest BCUT2D eigenvalue weighted by Crippen LogP contribution is -2.27. The van der Waals surface area contributed by atoms with E-state index in [4.69, 9.17) is 21.6 Å². The van der Waals surface area contributed by atoms with Crippen LogP contribution in [0.15, 0.2) is 71.6 Å². The van der Waals surface area contributed by atoms with Crippen LogP contribution in [0, 0.1) is 11.3 Å². The van der Waals surface area contributed by atoms with E-state index < -0.39 is 15.9 Å². The zero-order chi connectivity index (χ0) is 23.3. The van der Waals surface area contributed by atoms with Gasteiger partial charge >= 0.3 is 0 Å². The quantitative estimate of drug-likeness (QED) is 0.556. The van der Waals surface area contributed by atoms with Crippen LogP contribution in [0.1, 0.15) is 21.5 Å². The summed E-state index contributed by atoms with van der Waals surface area (Å²) >= 11 is 5.92. The maximum Gasteiger partial charge on any atom is 0.255 e. The van der Waals surface area contributed by atoms with Gasteiger partial charge in [0.05, 0.1) is 17.7 Å². The van der Waals surface area contributed by atoms with Crippen LogP contribution in [0.2, 0.25) is 5.02 Å². The van der Waals surface area contributed by atoms with Crippen LogP contribution < -0.4 is 10.1 Å². The number of ether oxygens (including phenoxy) is 1. The van der Waals surface area contributed by atoms with Gasteiger partial charge in [0.25, 0.3) is 5.91 Å². The molecule has 0 heterocycles. The minimum atomic E-state index is -3.96. The molecule has 3 aromatic rings. The minimum Gasteiger partial charge on any atom is -0.495 e. The molecule has 3 aromatic carbocycles. The highest BCUT2D eigenvalue weighted by Crippen LogP contribution is 2.29. The van der Waals surface area contributed by atoms with Crippen molar-refractivity contribution >= 4 is 33.2 Å². The number of nitrogens with one attached hydrogen (secondary N) is 1. The van der Waals surface area contributed by atoms with E-state index in [1.54, 1.807) is 6.07 Å². The number of methoxy groups -OCH3 is 1. The first-order valence-electron chi connectivity index (χ1n) is 9.45. The molecule has 164 valence electrons. The van der Waals surface area contributed by atoms with E-state index in [0.29, 0.717) is 5.69 Å². The van der Waals surface area contributed by atoms with Crippen molar-refractivity contribution in [3.8, 4) is 11.8 Å². The number of nitriles is 1. The second-order valence-electron chi connectivity index (χ2n) is 6.87. The zero-order valence-electron chi connectivity index (χ0n) is 17.4. The zero-order valence-corrected chi connectivity index (χ0v) is 18.9. The fraction of sp³-hybridized carbons (Fsp3) is 0.130. The third-order valence-corrected chi connectivity index (χ3v) is 6.86. The molecule has 0 unspecified atom stereocenters. The molecule has 0 aliphatic carbocycles. The number of carbonyl (C=O) groups excluding carboxylic acids is 1. The van der Waals surface area contributed by atoms with Crippen molar-refractivity contribution < 1.29 is 17.9 Å². The van der Waals surface area contributed by atoms with E-state index in [2.05, 4.69) is 5.32 Å². The summed E-state index contributed by atoms with van der Waals surface area (Å²) in [7, 11) is -1.13. The lowest BCUT2D eigenvalue weighted by Gasteiger charge is -2.19. The summed E-state index contributed by atoms with van der Waals surface area (Å²) in [5, 5.41) is 12.0. The van der Waals surface area contributed by atoms with E-state index in [9.17, 15) is 13.2 Å². The second-order valence-corrected chi connectivity index (χ2v) is 9.29. The SMILES string of the molecule is COc1ccc(C(=O)Nc2ccc(Cl)c(C#N)c2)cc1S(=O)(=O)N(C)Cc1ccccc1. The predicted molar refractivity (Wildman–Crippen MR) is 122 cm³/mol. The molecule has 32 heavy (non-hydrogen) atoms. The number of hydrogen-bond donors (Lipinski definition) is 1. The number of benzene rings is 3. The molecule has 0 atom stereocenters. The topological polar surface area (TPSA) is 99.5 Å². The number of nitrogens with zero attached hydrogens (tertiary/aromatic N) is 2. The highest BCUT2D eigenvalue weighted by molar-refractivity contribution is 7.89. The Hall–Kier alpha value is -3.38. The third-order valence-electron chi connectivity index (χ3n) is 4.71. The van der Waals surface area contributed by atoms with Gasteiger partial charge in [-0.05, 0) is 42.0 Å². The Balaban J connectivity index is 1.91. The third kappa shape index (κ3) is 5.08. The average Bonchev–Trinajstić information content (AvgIpc) is 2.80. The number of halogens is 1. The lowest BCUT2D eigenvalue weighted by molar-refractivity contribution is 0.102. The van der Waals surface area contributed by atoms with Crippen LogP contribution in [0.3, 0.4) is 0 Å². The van der Waals surface area contributed by atoms with Crippen LogP contribution in [0.25, 0.3) is 0 Å². The summed E-state index contributed by atoms with van der Waals surface area (Å²) in [5.41, 5.74) is 1.51. The van der Waals surface area contributed by atoms with Crippen LogP contribution in [-0.2, 0) is 16.6 Å². The van der Waals surface area contributed by atoms with Crippen molar-refractivity contribution in [1.82, 2.24) is 4.31 Å². The highest BCUT2D eigenvalue weighted by atomic mass is 35.5. The number of hydrogen-bond acceptors (Lipinski definition) is 5. The van der Waals surface area contributed by atoms with E-state index in [1.807, 2.05) is 36.4 Å². The molecule has 0 saturated carbocycles. The highest BCUT2D eigenvalue weighted by Gasteiger charge is 2.26. The molecule has 9 heteroatoms. The van der Waals surface area contributed by atoms with Gasteiger partial charge in [-0.25, -0.2) is 8.42 Å². The van der Waals surface area contributed by atoms with E-state index in [1.165, 1.54) is 48.8 Å². The number of amides is 1. The molecule has 0 fully saturated rings. The van der Waals surface area contributed by atoms with E-state index >= 15 is 0 Å². The molecule has 1 amide bonds. The molecule has 0 aliphatic rings. The number of rotatable bonds is 7. The van der Waals surface area contributed by atoms with Gasteiger partial charge in [-0.15, -0.1) is 0 Å². The van der Waals surface area contributed by atoms with Gasteiger partial charge in [0.15, 0.2) is 0 Å². The van der Waals surface area contributed by atoms with Crippen molar-refractivity contribution in [2.75, 3.05) is 19.5 Å². The maximum absolute atomic E-state index is 13.2. The molecule has 3 rings (SSSR count). The summed E-state index contributed by atoms with van der Waals surface area (Å²) in [6, 6.07) is 19.8. The van der Waals surface area contributed by atoms with Gasteiger partial charge in [-0.2, -0.15) is 9.57 Å². The standard InChI is InChI=1S/C23H20ClN3O4S/c1-27(15-16-6-4-3-5-7-16)32(29,30)22-13-17(8-11-21(22)31-2)23(28)26-19-9-10-20(24)18(12-19)14-25/h3-13H,15H2,1-2H3,(H,26,28). The molecule has 0 aromatic heterocycles. The molecule has 0 bridgehead atoms. The fourth-order valence-corrected chi connectivity index (χ4v) is 4.50. The van der Waals surface area contributed by atoms with Crippen LogP contribution in [0.4, 0.5) is 5.69 Å². The van der Waals surface area contributed by atoms with Crippen molar-refractivity contribution in [2.24, 2.45) is 0 Å². The molecule has 0 radical (unpaired) electrons. The monoisotopic (exact) mass is 469 g/mol. The van der Waals surface area contributed by atoms with Gasteiger partial charge in [-0.3, -0.25) is 4.79 Å². The van der Waals surface area contributed by atoms with Crippen LogP contribution in [0.5, 0.6) is 5.75 Å². The van der Waals surface area contributed by atoms with Crippen LogP contribution >= 0.6 is 11.6 Å². The van der Waals surface area contributed by atoms with Crippen molar-refractivity contribution in [3.63, 3.8) is 0 Å². The van der Waals surface area contributed by atoms with Gasteiger partial charge in [0.2, 0.25) is 10.0 Å². The Morgan fingerprint density at radius 1 is 1.12 bits per heavy atom. The van der Waals surface area contributed by atoms with Crippen molar-refractivity contribution in [1.29, 1.82) is 5.26 Å². The first-order valence-corrected chi connectivity index (χ1v) is 11.3. The summed E-state index contributed by atoms with van der Waals surface area (Å²) < 4.78 is 32.9. The molecule has 7 nitrogen and oxygen atoms in total. The number of anilines is 1. The largest absolute Gasteiger partial charge is 0.495 e. The summed E-state index contributed by atoms with van der Waals surface area (Å²) in [5.74, 6) is -0.416. The van der Waals surface area contributed by atoms with E-state index in [-0.39, 0.29) is 33.3 Å². The van der Waals surface area contributed by atoms with Crippen molar-refractivity contribution in [2.45, 2.75) is 11.4 Å². The Morgan fingerprint density at radius 3 is 2.50 bits per heavy atom. The Morgan fingerprint density at radius 2 is 1.84 bits per heavy atom. The molecule has 0 spiro atoms. The normalized spacial score (nSPS) is 11.1. The Kier molecular flexibility index (Phi) is 7.15. The fourth-order valence-electron chi connectivity index (χ4n) is 3.00. The van der Waals surface area contributed by atoms with Gasteiger partial charge < -0.3 is 10.1 Å². The lowest BCUT2D eigenvalue weighted by atomic mass is 10.1. The summed E-state index contributed by atoms with van der Waals surface area (Å²) in [4.78, 5) is 12.6.